The zero-order valence-corrected chi connectivity index (χ0v) is 17.4. The molecule has 0 spiro atoms. The largest absolute Gasteiger partial charge is 0.673 e. The maximum atomic E-state index is 12.8. The molecule has 0 saturated carbocycles. The second kappa shape index (κ2) is 9.59. The number of halogens is 4. The molecule has 1 aliphatic heterocycles. The van der Waals surface area contributed by atoms with Crippen LogP contribution in [0.25, 0.3) is 10.9 Å². The van der Waals surface area contributed by atoms with E-state index in [2.05, 4.69) is 21.8 Å². The highest BCUT2D eigenvalue weighted by Gasteiger charge is 2.21. The average Bonchev–Trinajstić information content (AvgIpc) is 3.25. The summed E-state index contributed by atoms with van der Waals surface area (Å²) in [5, 5.41) is 0.856. The molecule has 1 aromatic heterocycles. The molecule has 0 atom stereocenters. The highest BCUT2D eigenvalue weighted by molar-refractivity contribution is 7.91. The van der Waals surface area contributed by atoms with Gasteiger partial charge in [-0.25, -0.2) is 13.0 Å². The molecular weight excluding hydrogens is 431 g/mol. The van der Waals surface area contributed by atoms with Crippen LogP contribution in [0.3, 0.4) is 0 Å². The van der Waals surface area contributed by atoms with E-state index in [1.165, 1.54) is 19.0 Å². The molecule has 2 heterocycles. The minimum atomic E-state index is -6.00. The highest BCUT2D eigenvalue weighted by Crippen LogP contribution is 2.24. The number of para-hydroxylation sites is 1. The van der Waals surface area contributed by atoms with Crippen LogP contribution in [0.2, 0.25) is 0 Å². The van der Waals surface area contributed by atoms with Crippen LogP contribution >= 0.6 is 0 Å². The second-order valence-corrected chi connectivity index (χ2v) is 9.05. The van der Waals surface area contributed by atoms with Crippen molar-refractivity contribution in [1.29, 1.82) is 0 Å². The van der Waals surface area contributed by atoms with Crippen molar-refractivity contribution in [3.05, 3.63) is 66.4 Å². The highest BCUT2D eigenvalue weighted by atomic mass is 32.2. The van der Waals surface area contributed by atoms with Crippen molar-refractivity contribution in [3.63, 3.8) is 0 Å². The molecule has 1 saturated heterocycles. The Labute approximate surface area is 178 Å². The fraction of sp³-hybridized carbons (Fsp3) is 0.238. The molecule has 0 unspecified atom stereocenters. The number of fused-ring (bicyclic) bond motifs is 1. The molecule has 0 radical (unpaired) electrons. The normalized spacial score (nSPS) is 14.3. The predicted molar refractivity (Wildman–Crippen MR) is 113 cm³/mol. The van der Waals surface area contributed by atoms with Gasteiger partial charge in [0.1, 0.15) is 19.3 Å². The van der Waals surface area contributed by atoms with Gasteiger partial charge in [0.15, 0.2) is 0 Å². The van der Waals surface area contributed by atoms with Gasteiger partial charge in [0, 0.05) is 24.4 Å². The van der Waals surface area contributed by atoms with Gasteiger partial charge < -0.3 is 17.3 Å². The van der Waals surface area contributed by atoms with Crippen molar-refractivity contribution in [1.82, 2.24) is 4.98 Å². The fourth-order valence-corrected chi connectivity index (χ4v) is 4.66. The van der Waals surface area contributed by atoms with E-state index in [4.69, 9.17) is 0 Å². The zero-order valence-electron chi connectivity index (χ0n) is 16.6. The summed E-state index contributed by atoms with van der Waals surface area (Å²) in [5.41, 5.74) is 1.99. The summed E-state index contributed by atoms with van der Waals surface area (Å²) in [6.45, 7) is 2.25. The Hall–Kier alpha value is -2.75. The van der Waals surface area contributed by atoms with E-state index in [0.717, 1.165) is 36.0 Å². The fourth-order valence-electron chi connectivity index (χ4n) is 3.40. The first-order valence-corrected chi connectivity index (χ1v) is 11.3. The lowest BCUT2D eigenvalue weighted by atomic mass is 10.1. The van der Waals surface area contributed by atoms with E-state index in [1.54, 1.807) is 36.4 Å². The maximum Gasteiger partial charge on any atom is 0.673 e. The van der Waals surface area contributed by atoms with E-state index in [-0.39, 0.29) is 4.90 Å². The minimum Gasteiger partial charge on any atom is -0.418 e. The molecule has 164 valence electrons. The molecule has 1 fully saturated rings. The predicted octanol–water partition coefficient (Wildman–Crippen LogP) is 4.79. The van der Waals surface area contributed by atoms with Gasteiger partial charge in [0.25, 0.3) is 0 Å². The average molecular weight is 452 g/mol. The standard InChI is InChI=1S/C21H21N2O2S.BF4/c24-26(25,19-9-2-1-3-10-19)20-15-18-8-6-7-17(21(18)22-16-20)11-14-23-12-4-5-13-23;2-1(3,4)5/h1-3,6-10,14-16H,4-5,11-13H2;/q+1;-1. The third kappa shape index (κ3) is 6.37. The molecule has 31 heavy (non-hydrogen) atoms. The van der Waals surface area contributed by atoms with Crippen molar-refractivity contribution in [3.8, 4) is 0 Å². The van der Waals surface area contributed by atoms with Gasteiger partial charge in [-0.2, -0.15) is 0 Å². The summed E-state index contributed by atoms with van der Waals surface area (Å²) in [4.78, 5) is 5.03. The Morgan fingerprint density at radius 1 is 0.935 bits per heavy atom. The summed E-state index contributed by atoms with van der Waals surface area (Å²) >= 11 is 0. The van der Waals surface area contributed by atoms with Crippen molar-refractivity contribution in [2.24, 2.45) is 0 Å². The lowest BCUT2D eigenvalue weighted by Crippen LogP contribution is -2.09. The van der Waals surface area contributed by atoms with E-state index in [9.17, 15) is 25.7 Å². The summed E-state index contributed by atoms with van der Waals surface area (Å²) in [7, 11) is -9.55. The Balaban J connectivity index is 0.000000491. The first-order chi connectivity index (χ1) is 14.6. The van der Waals surface area contributed by atoms with Gasteiger partial charge in [-0.15, -0.1) is 0 Å². The number of rotatable bonds is 4. The van der Waals surface area contributed by atoms with E-state index in [1.807, 2.05) is 12.1 Å². The monoisotopic (exact) mass is 452 g/mol. The topological polar surface area (TPSA) is 50.0 Å². The van der Waals surface area contributed by atoms with Crippen LogP contribution in [-0.2, 0) is 16.3 Å². The Kier molecular flexibility index (Phi) is 7.10. The van der Waals surface area contributed by atoms with Crippen molar-refractivity contribution in [2.75, 3.05) is 13.1 Å². The number of sulfone groups is 1. The first-order valence-electron chi connectivity index (χ1n) is 9.77. The summed E-state index contributed by atoms with van der Waals surface area (Å²) in [6.07, 6.45) is 7.03. The Morgan fingerprint density at radius 2 is 1.58 bits per heavy atom. The number of pyridine rings is 1. The van der Waals surface area contributed by atoms with Crippen molar-refractivity contribution >= 4 is 34.2 Å². The maximum absolute atomic E-state index is 12.8. The van der Waals surface area contributed by atoms with Gasteiger partial charge >= 0.3 is 7.25 Å². The zero-order chi connectivity index (χ0) is 22.5. The number of hydrogen-bond acceptors (Lipinski definition) is 3. The molecule has 0 bridgehead atoms. The molecule has 10 heteroatoms. The molecule has 4 rings (SSSR count). The number of benzene rings is 2. The van der Waals surface area contributed by atoms with Crippen LogP contribution in [-0.4, -0.2) is 44.5 Å². The lowest BCUT2D eigenvalue weighted by molar-refractivity contribution is -0.502. The quantitative estimate of drug-likeness (QED) is 0.325. The van der Waals surface area contributed by atoms with Gasteiger partial charge in [-0.05, 0) is 23.8 Å². The molecule has 2 aromatic carbocycles. The van der Waals surface area contributed by atoms with Gasteiger partial charge in [-0.3, -0.25) is 4.98 Å². The molecular formula is C21H21BF4N2O2S. The third-order valence-electron chi connectivity index (χ3n) is 4.84. The summed E-state index contributed by atoms with van der Waals surface area (Å²) < 4.78 is 67.0. The molecule has 0 N–H and O–H groups in total. The van der Waals surface area contributed by atoms with Crippen molar-refractivity contribution in [2.45, 2.75) is 29.1 Å². The summed E-state index contributed by atoms with van der Waals surface area (Å²) in [5.74, 6) is 0. The number of hydrogen-bond donors (Lipinski definition) is 0. The van der Waals surface area contributed by atoms with Crippen LogP contribution in [0.5, 0.6) is 0 Å². The van der Waals surface area contributed by atoms with Crippen LogP contribution in [0.1, 0.15) is 18.4 Å². The van der Waals surface area contributed by atoms with Crippen LogP contribution in [0.4, 0.5) is 17.3 Å². The van der Waals surface area contributed by atoms with E-state index >= 15 is 0 Å². The van der Waals surface area contributed by atoms with E-state index in [0.29, 0.717) is 4.90 Å². The second-order valence-electron chi connectivity index (χ2n) is 7.10. The number of aromatic nitrogens is 1. The molecule has 1 aliphatic rings. The van der Waals surface area contributed by atoms with Crippen molar-refractivity contribution < 1.29 is 30.3 Å². The molecule has 3 aromatic rings. The van der Waals surface area contributed by atoms with Gasteiger partial charge in [0.05, 0.1) is 21.7 Å². The SMILES string of the molecule is F[B-](F)(F)F.O=S(=O)(c1ccccc1)c1cnc2c(CC=[N+]3CCCC3)cccc2c1. The third-order valence-corrected chi connectivity index (χ3v) is 6.58. The molecule has 4 nitrogen and oxygen atoms in total. The van der Waals surface area contributed by atoms with Crippen LogP contribution in [0, 0.1) is 0 Å². The summed E-state index contributed by atoms with van der Waals surface area (Å²) in [6, 6.07) is 16.2. The first kappa shape index (κ1) is 22.9. The van der Waals surface area contributed by atoms with Gasteiger partial charge in [-0.1, -0.05) is 36.4 Å². The van der Waals surface area contributed by atoms with E-state index < -0.39 is 17.1 Å². The molecule has 0 amide bonds. The lowest BCUT2D eigenvalue weighted by Gasteiger charge is -2.07. The smallest absolute Gasteiger partial charge is 0.418 e. The van der Waals surface area contributed by atoms with Crippen LogP contribution < -0.4 is 0 Å². The Morgan fingerprint density at radius 3 is 2.23 bits per heavy atom. The van der Waals surface area contributed by atoms with Gasteiger partial charge in [0.2, 0.25) is 9.84 Å². The Bertz CT molecular complexity index is 1170. The number of nitrogens with zero attached hydrogens (tertiary/aromatic N) is 2. The molecule has 0 aliphatic carbocycles. The van der Waals surface area contributed by atoms with Crippen LogP contribution in [0.15, 0.2) is 70.6 Å². The minimum absolute atomic E-state index is 0.233.